The van der Waals surface area contributed by atoms with E-state index in [2.05, 4.69) is 9.97 Å². The molecule has 0 atom stereocenters. The van der Waals surface area contributed by atoms with Crippen molar-refractivity contribution in [1.82, 2.24) is 9.97 Å². The fourth-order valence-electron chi connectivity index (χ4n) is 5.82. The van der Waals surface area contributed by atoms with Gasteiger partial charge >= 0.3 is 41.6 Å². The van der Waals surface area contributed by atoms with Gasteiger partial charge in [-0.15, -0.1) is 0 Å². The number of hydrogen-bond donors (Lipinski definition) is 4. The molecule has 0 saturated heterocycles. The van der Waals surface area contributed by atoms with Gasteiger partial charge in [0.25, 0.3) is 0 Å². The van der Waals surface area contributed by atoms with Crippen molar-refractivity contribution in [3.63, 3.8) is 0 Å². The Balaban J connectivity index is 1.76. The van der Waals surface area contributed by atoms with Gasteiger partial charge in [-0.05, 0) is 12.1 Å². The van der Waals surface area contributed by atoms with Gasteiger partial charge in [-0.25, -0.2) is 9.97 Å². The summed E-state index contributed by atoms with van der Waals surface area (Å²) in [6.45, 7) is 0. The zero-order valence-corrected chi connectivity index (χ0v) is 29.5. The quantitative estimate of drug-likeness (QED) is 0.0843. The summed E-state index contributed by atoms with van der Waals surface area (Å²) in [6, 6.07) is 12.7. The first-order chi connectivity index (χ1) is 24.1. The van der Waals surface area contributed by atoms with Crippen molar-refractivity contribution in [2.24, 2.45) is 0 Å². The van der Waals surface area contributed by atoms with E-state index in [0.29, 0.717) is 0 Å². The zero-order chi connectivity index (χ0) is 37.7. The van der Waals surface area contributed by atoms with Crippen molar-refractivity contribution in [2.75, 3.05) is 0 Å². The van der Waals surface area contributed by atoms with Crippen molar-refractivity contribution in [3.05, 3.63) is 70.7 Å². The predicted molar refractivity (Wildman–Crippen MR) is 186 cm³/mol. The summed E-state index contributed by atoms with van der Waals surface area (Å²) >= 11 is 13.3. The minimum Gasteiger partial charge on any atom is -0.360 e. The van der Waals surface area contributed by atoms with Crippen LogP contribution >= 0.6 is 23.2 Å². The van der Waals surface area contributed by atoms with Gasteiger partial charge in [0.2, 0.25) is 0 Å². The van der Waals surface area contributed by atoms with E-state index in [-0.39, 0.29) is 53.4 Å². The van der Waals surface area contributed by atoms with Crippen LogP contribution in [0.3, 0.4) is 0 Å². The van der Waals surface area contributed by atoms with Crippen LogP contribution in [-0.4, -0.2) is 61.9 Å². The first kappa shape index (κ1) is 35.8. The predicted octanol–water partition coefficient (Wildman–Crippen LogP) is 5.43. The molecule has 0 spiro atoms. The average molecular weight is 834 g/mol. The number of nitrogens with zero attached hydrogens (tertiary/aromatic N) is 2. The van der Waals surface area contributed by atoms with Gasteiger partial charge in [-0.3, -0.25) is 18.2 Å². The summed E-state index contributed by atoms with van der Waals surface area (Å²) in [5, 5.41) is -2.93. The smallest absolute Gasteiger partial charge is 0.360 e. The first-order valence-electron chi connectivity index (χ1n) is 13.6. The molecule has 1 heterocycles. The van der Waals surface area contributed by atoms with Crippen LogP contribution in [0, 0.1) is 0 Å². The van der Waals surface area contributed by atoms with E-state index in [4.69, 9.17) is 39.9 Å². The maximum absolute atomic E-state index is 12.1. The molecular weight excluding hydrogens is 819 g/mol. The summed E-state index contributed by atoms with van der Waals surface area (Å²) < 4.78 is 155. The molecule has 270 valence electrons. The Kier molecular flexibility index (Phi) is 8.22. The second kappa shape index (κ2) is 12.0. The van der Waals surface area contributed by atoms with Crippen molar-refractivity contribution < 1.29 is 68.6 Å². The van der Waals surface area contributed by atoms with E-state index in [0.717, 1.165) is 12.1 Å². The fraction of sp³-hybridized carbons (Fsp3) is 0. The molecule has 0 radical (unpaired) electrons. The van der Waals surface area contributed by atoms with Crippen LogP contribution < -0.4 is 16.7 Å². The lowest BCUT2D eigenvalue weighted by Crippen LogP contribution is -2.11. The zero-order valence-electron chi connectivity index (χ0n) is 24.7. The highest BCUT2D eigenvalue weighted by molar-refractivity contribution is 7.82. The lowest BCUT2D eigenvalue weighted by atomic mass is 9.98. The molecule has 0 saturated carbocycles. The average Bonchev–Trinajstić information content (AvgIpc) is 3.01. The summed E-state index contributed by atoms with van der Waals surface area (Å²) in [7, 11) is -21.2. The second-order valence-electron chi connectivity index (χ2n) is 10.6. The van der Waals surface area contributed by atoms with Crippen LogP contribution in [0.1, 0.15) is 0 Å². The molecule has 0 unspecified atom stereocenters. The van der Waals surface area contributed by atoms with E-state index in [1.165, 1.54) is 48.5 Å². The van der Waals surface area contributed by atoms with E-state index in [9.17, 15) is 51.9 Å². The normalized spacial score (nSPS) is 13.0. The highest BCUT2D eigenvalue weighted by Crippen LogP contribution is 2.50. The number of fused-ring (bicyclic) bond motifs is 8. The van der Waals surface area contributed by atoms with E-state index >= 15 is 0 Å². The molecule has 0 amide bonds. The minimum atomic E-state index is -5.33. The lowest BCUT2D eigenvalue weighted by Gasteiger charge is -2.18. The number of rotatable bonds is 8. The SMILES string of the molecule is O=S(=O)(O)Oc1c2ccccc2c(OS(=O)(=O)O)c2c1cc(Cl)c1nc3c(nc12)c(Cl)cc1c(OS(=O)(=O)O)c2ccccc2c(OS(=O)(=O)O)c13. The molecule has 4 N–H and O–H groups in total. The Labute approximate surface area is 300 Å². The second-order valence-corrected chi connectivity index (χ2v) is 15.5. The van der Waals surface area contributed by atoms with Gasteiger partial charge in [0, 0.05) is 32.3 Å². The number of benzene rings is 6. The van der Waals surface area contributed by atoms with E-state index < -0.39 is 86.4 Å². The molecule has 24 heteroatoms. The Morgan fingerprint density at radius 1 is 0.423 bits per heavy atom. The van der Waals surface area contributed by atoms with Crippen molar-refractivity contribution in [2.45, 2.75) is 0 Å². The Morgan fingerprint density at radius 2 is 0.692 bits per heavy atom. The minimum absolute atomic E-state index is 0.148. The molecular formula is C28H14Cl2N2O16S4. The maximum atomic E-state index is 12.1. The maximum Gasteiger partial charge on any atom is 0.446 e. The molecule has 0 aliphatic heterocycles. The summed E-state index contributed by atoms with van der Waals surface area (Å²) in [4.78, 5) is 8.99. The Bertz CT molecular complexity index is 3000. The lowest BCUT2D eigenvalue weighted by molar-refractivity contribution is 0.385. The van der Waals surface area contributed by atoms with Gasteiger partial charge in [-0.2, -0.15) is 33.7 Å². The third-order valence-electron chi connectivity index (χ3n) is 7.43. The molecule has 0 bridgehead atoms. The van der Waals surface area contributed by atoms with Crippen molar-refractivity contribution >= 4 is 130 Å². The van der Waals surface area contributed by atoms with Crippen molar-refractivity contribution in [3.8, 4) is 23.0 Å². The topological polar surface area (TPSA) is 280 Å². The molecule has 6 aromatic carbocycles. The standard InChI is InChI=1S/C28H14Cl2N2O16S4/c29-17-9-15-19(27(47-51(39,40)41)13-7-3-1-5-11(13)25(15)45-49(33,34)35)23-21(17)32-24-20-16(10-18(30)22(24)31-23)26(46-50(36,37)38)12-6-2-4-8-14(12)28(20)48-52(42,43)44/h1-10H,(H,33,34,35)(H,36,37,38)(H,39,40,41)(H,42,43,44). The van der Waals surface area contributed by atoms with Gasteiger partial charge in [0.1, 0.15) is 22.1 Å². The van der Waals surface area contributed by atoms with Gasteiger partial charge in [0.05, 0.1) is 20.8 Å². The van der Waals surface area contributed by atoms with Crippen molar-refractivity contribution in [1.29, 1.82) is 0 Å². The van der Waals surface area contributed by atoms with Gasteiger partial charge < -0.3 is 16.7 Å². The largest absolute Gasteiger partial charge is 0.446 e. The third-order valence-corrected chi connectivity index (χ3v) is 9.52. The van der Waals surface area contributed by atoms with Crippen LogP contribution in [0.4, 0.5) is 0 Å². The molecule has 0 fully saturated rings. The molecule has 18 nitrogen and oxygen atoms in total. The molecule has 52 heavy (non-hydrogen) atoms. The molecule has 0 aliphatic carbocycles. The fourth-order valence-corrected chi connectivity index (χ4v) is 7.85. The summed E-state index contributed by atoms with van der Waals surface area (Å²) in [5.74, 6) is -2.47. The Hall–Kier alpha value is -4.62. The monoisotopic (exact) mass is 832 g/mol. The van der Waals surface area contributed by atoms with Crippen LogP contribution in [-0.2, 0) is 41.6 Å². The van der Waals surface area contributed by atoms with Crippen LogP contribution in [0.2, 0.25) is 10.0 Å². The van der Waals surface area contributed by atoms with E-state index in [1.807, 2.05) is 0 Å². The number of hydrogen-bond acceptors (Lipinski definition) is 14. The molecule has 1 aromatic heterocycles. The van der Waals surface area contributed by atoms with Crippen LogP contribution in [0.15, 0.2) is 60.7 Å². The summed E-state index contributed by atoms with van der Waals surface area (Å²) in [6.07, 6.45) is 0. The van der Waals surface area contributed by atoms with Gasteiger partial charge in [-0.1, -0.05) is 71.7 Å². The molecule has 7 rings (SSSR count). The Morgan fingerprint density at radius 3 is 0.981 bits per heavy atom. The van der Waals surface area contributed by atoms with Gasteiger partial charge in [0.15, 0.2) is 23.0 Å². The third kappa shape index (κ3) is 6.49. The van der Waals surface area contributed by atoms with Crippen LogP contribution in [0.5, 0.6) is 23.0 Å². The van der Waals surface area contributed by atoms with E-state index in [1.54, 1.807) is 0 Å². The highest BCUT2D eigenvalue weighted by atomic mass is 35.5. The number of halogens is 2. The molecule has 7 aromatic rings. The molecule has 0 aliphatic rings. The van der Waals surface area contributed by atoms with Crippen LogP contribution in [0.25, 0.3) is 65.2 Å². The number of aromatic nitrogens is 2. The highest BCUT2D eigenvalue weighted by Gasteiger charge is 2.29. The first-order valence-corrected chi connectivity index (χ1v) is 19.8. The summed E-state index contributed by atoms with van der Waals surface area (Å²) in [5.41, 5.74) is -1.51.